The van der Waals surface area contributed by atoms with Crippen LogP contribution in [0.4, 0.5) is 11.6 Å². The minimum atomic E-state index is -0.357. The Hall–Kier alpha value is -2.93. The molecule has 7 heteroatoms. The van der Waals surface area contributed by atoms with Crippen molar-refractivity contribution >= 4 is 22.5 Å². The number of nitrogens with zero attached hydrogens (tertiary/aromatic N) is 4. The molecule has 3 heterocycles. The van der Waals surface area contributed by atoms with Crippen LogP contribution < -0.4 is 10.6 Å². The third-order valence-corrected chi connectivity index (χ3v) is 5.01. The van der Waals surface area contributed by atoms with Gasteiger partial charge in [-0.3, -0.25) is 0 Å². The van der Waals surface area contributed by atoms with Crippen LogP contribution in [-0.2, 0) is 0 Å². The molecule has 0 amide bonds. The number of aryl methyl sites for hydroxylation is 1. The van der Waals surface area contributed by atoms with Crippen molar-refractivity contribution < 1.29 is 10.2 Å². The molecule has 134 valence electrons. The lowest BCUT2D eigenvalue weighted by atomic mass is 9.97. The molecule has 1 fully saturated rings. The number of benzene rings is 1. The number of hydrogen-bond acceptors (Lipinski definition) is 7. The van der Waals surface area contributed by atoms with Crippen molar-refractivity contribution in [3.63, 3.8) is 0 Å². The summed E-state index contributed by atoms with van der Waals surface area (Å²) in [5.41, 5.74) is 10.0. The first-order valence-corrected chi connectivity index (χ1v) is 8.59. The van der Waals surface area contributed by atoms with Crippen LogP contribution in [0.15, 0.2) is 24.5 Å². The van der Waals surface area contributed by atoms with E-state index in [1.807, 2.05) is 30.9 Å². The van der Waals surface area contributed by atoms with Gasteiger partial charge in [0.2, 0.25) is 0 Å². The summed E-state index contributed by atoms with van der Waals surface area (Å²) < 4.78 is 0. The van der Waals surface area contributed by atoms with Gasteiger partial charge in [0.15, 0.2) is 0 Å². The summed E-state index contributed by atoms with van der Waals surface area (Å²) in [4.78, 5) is 15.4. The third kappa shape index (κ3) is 2.61. The van der Waals surface area contributed by atoms with Gasteiger partial charge in [-0.15, -0.1) is 0 Å². The van der Waals surface area contributed by atoms with E-state index in [2.05, 4.69) is 9.97 Å². The standard InChI is InChI=1S/C19H21N5O2/c1-10-3-4-14(26)11(2)16(10)18-17-13(19(20)22-9-21-17)7-15(23-18)24-6-5-12(25)8-24/h3-4,7,9,12,25-26H,5-6,8H2,1-2H3,(H2,20,21,22)/t12-/m1/s1. The molecule has 1 saturated heterocycles. The van der Waals surface area contributed by atoms with E-state index >= 15 is 0 Å². The zero-order chi connectivity index (χ0) is 18.4. The Kier molecular flexibility index (Phi) is 3.88. The molecule has 2 aromatic heterocycles. The van der Waals surface area contributed by atoms with E-state index in [-0.39, 0.29) is 11.9 Å². The van der Waals surface area contributed by atoms with E-state index in [1.54, 1.807) is 6.07 Å². The molecule has 0 aliphatic carbocycles. The number of rotatable bonds is 2. The van der Waals surface area contributed by atoms with Crippen LogP contribution in [0.2, 0.25) is 0 Å². The van der Waals surface area contributed by atoms with Crippen molar-refractivity contribution in [1.82, 2.24) is 15.0 Å². The Morgan fingerprint density at radius 3 is 2.77 bits per heavy atom. The highest BCUT2D eigenvalue weighted by molar-refractivity contribution is 5.99. The van der Waals surface area contributed by atoms with Crippen molar-refractivity contribution in [2.75, 3.05) is 23.7 Å². The second-order valence-corrected chi connectivity index (χ2v) is 6.77. The van der Waals surface area contributed by atoms with Gasteiger partial charge < -0.3 is 20.8 Å². The highest BCUT2D eigenvalue weighted by Crippen LogP contribution is 2.37. The minimum Gasteiger partial charge on any atom is -0.508 e. The van der Waals surface area contributed by atoms with Crippen LogP contribution in [0, 0.1) is 13.8 Å². The number of aliphatic hydroxyl groups is 1. The topological polar surface area (TPSA) is 108 Å². The van der Waals surface area contributed by atoms with Crippen LogP contribution in [0.3, 0.4) is 0 Å². The highest BCUT2D eigenvalue weighted by Gasteiger charge is 2.24. The molecule has 1 atom stereocenters. The molecule has 0 unspecified atom stereocenters. The molecule has 0 saturated carbocycles. The van der Waals surface area contributed by atoms with Crippen molar-refractivity contribution in [2.24, 2.45) is 0 Å². The summed E-state index contributed by atoms with van der Waals surface area (Å²) in [5, 5.41) is 20.8. The molecule has 1 aliphatic rings. The van der Waals surface area contributed by atoms with Gasteiger partial charge in [-0.05, 0) is 38.0 Å². The Balaban J connectivity index is 2.02. The average molecular weight is 351 g/mol. The number of β-amino-alcohol motifs (C(OH)–C–C–N with tert-alkyl or cyclic N) is 1. The van der Waals surface area contributed by atoms with Gasteiger partial charge in [0.05, 0.1) is 11.8 Å². The first-order valence-electron chi connectivity index (χ1n) is 8.59. The van der Waals surface area contributed by atoms with Gasteiger partial charge in [-0.2, -0.15) is 0 Å². The normalized spacial score (nSPS) is 17.2. The number of phenols is 1. The van der Waals surface area contributed by atoms with Crippen LogP contribution >= 0.6 is 0 Å². The summed E-state index contributed by atoms with van der Waals surface area (Å²) in [5.74, 6) is 1.33. The van der Waals surface area contributed by atoms with E-state index in [0.29, 0.717) is 30.0 Å². The summed E-state index contributed by atoms with van der Waals surface area (Å²) in [6.45, 7) is 5.10. The first-order chi connectivity index (χ1) is 12.5. The zero-order valence-corrected chi connectivity index (χ0v) is 14.8. The number of fused-ring (bicyclic) bond motifs is 1. The largest absolute Gasteiger partial charge is 0.508 e. The van der Waals surface area contributed by atoms with E-state index in [0.717, 1.165) is 34.4 Å². The van der Waals surface area contributed by atoms with Gasteiger partial charge >= 0.3 is 0 Å². The van der Waals surface area contributed by atoms with Crippen molar-refractivity contribution in [2.45, 2.75) is 26.4 Å². The van der Waals surface area contributed by atoms with Crippen molar-refractivity contribution in [3.05, 3.63) is 35.7 Å². The zero-order valence-electron chi connectivity index (χ0n) is 14.8. The number of aromatic hydroxyl groups is 1. The van der Waals surface area contributed by atoms with Gasteiger partial charge in [-0.25, -0.2) is 15.0 Å². The maximum absolute atomic E-state index is 10.2. The SMILES string of the molecule is Cc1ccc(O)c(C)c1-c1nc(N2CC[C@@H](O)C2)cc2c(N)ncnc12. The van der Waals surface area contributed by atoms with Crippen LogP contribution in [-0.4, -0.2) is 44.4 Å². The molecule has 0 spiro atoms. The molecule has 4 N–H and O–H groups in total. The van der Waals surface area contributed by atoms with Gasteiger partial charge in [0, 0.05) is 29.6 Å². The molecule has 1 aromatic carbocycles. The van der Waals surface area contributed by atoms with Gasteiger partial charge in [0.25, 0.3) is 0 Å². The monoisotopic (exact) mass is 351 g/mol. The molecular formula is C19H21N5O2. The number of anilines is 2. The predicted octanol–water partition coefficient (Wildman–Crippen LogP) is 2.17. The Bertz CT molecular complexity index is 1000. The first kappa shape index (κ1) is 16.5. The smallest absolute Gasteiger partial charge is 0.134 e. The summed E-state index contributed by atoms with van der Waals surface area (Å²) >= 11 is 0. The van der Waals surface area contributed by atoms with E-state index in [1.165, 1.54) is 6.33 Å². The second-order valence-electron chi connectivity index (χ2n) is 6.77. The average Bonchev–Trinajstić information content (AvgIpc) is 3.05. The lowest BCUT2D eigenvalue weighted by molar-refractivity contribution is 0.198. The Morgan fingerprint density at radius 1 is 1.23 bits per heavy atom. The molecule has 3 aromatic rings. The van der Waals surface area contributed by atoms with Gasteiger partial charge in [0.1, 0.15) is 29.2 Å². The molecular weight excluding hydrogens is 330 g/mol. The summed E-state index contributed by atoms with van der Waals surface area (Å²) in [6, 6.07) is 5.42. The fourth-order valence-electron chi connectivity index (χ4n) is 3.56. The number of aliphatic hydroxyl groups excluding tert-OH is 1. The van der Waals surface area contributed by atoms with Crippen LogP contribution in [0.5, 0.6) is 5.75 Å². The van der Waals surface area contributed by atoms with Crippen molar-refractivity contribution in [3.8, 4) is 17.0 Å². The minimum absolute atomic E-state index is 0.213. The number of nitrogens with two attached hydrogens (primary N) is 1. The lowest BCUT2D eigenvalue weighted by Gasteiger charge is -2.20. The molecule has 26 heavy (non-hydrogen) atoms. The molecule has 7 nitrogen and oxygen atoms in total. The lowest BCUT2D eigenvalue weighted by Crippen LogP contribution is -2.22. The molecule has 1 aliphatic heterocycles. The number of aromatic nitrogens is 3. The quantitative estimate of drug-likeness (QED) is 0.649. The predicted molar refractivity (Wildman–Crippen MR) is 101 cm³/mol. The summed E-state index contributed by atoms with van der Waals surface area (Å²) in [7, 11) is 0. The van der Waals surface area contributed by atoms with Gasteiger partial charge in [-0.1, -0.05) is 6.07 Å². The summed E-state index contributed by atoms with van der Waals surface area (Å²) in [6.07, 6.45) is 1.78. The van der Waals surface area contributed by atoms with Crippen molar-refractivity contribution in [1.29, 1.82) is 0 Å². The maximum atomic E-state index is 10.2. The number of phenolic OH excluding ortho intramolecular Hbond substituents is 1. The molecule has 0 radical (unpaired) electrons. The number of hydrogen-bond donors (Lipinski definition) is 3. The van der Waals surface area contributed by atoms with Crippen LogP contribution in [0.1, 0.15) is 17.5 Å². The fraction of sp³-hybridized carbons (Fsp3) is 0.316. The second kappa shape index (κ2) is 6.10. The molecule has 4 rings (SSSR count). The number of pyridine rings is 1. The van der Waals surface area contributed by atoms with E-state index < -0.39 is 0 Å². The highest BCUT2D eigenvalue weighted by atomic mass is 16.3. The van der Waals surface area contributed by atoms with E-state index in [9.17, 15) is 10.2 Å². The van der Waals surface area contributed by atoms with Crippen LogP contribution in [0.25, 0.3) is 22.2 Å². The fourth-order valence-corrected chi connectivity index (χ4v) is 3.56. The van der Waals surface area contributed by atoms with E-state index in [4.69, 9.17) is 10.7 Å². The molecule has 0 bridgehead atoms. The Labute approximate surface area is 151 Å². The number of nitrogen functional groups attached to an aromatic ring is 1. The third-order valence-electron chi connectivity index (χ3n) is 5.01. The maximum Gasteiger partial charge on any atom is 0.134 e. The Morgan fingerprint density at radius 2 is 2.04 bits per heavy atom.